The van der Waals surface area contributed by atoms with Crippen LogP contribution in [0.15, 0.2) is 30.3 Å². The normalized spacial score (nSPS) is 16.8. The van der Waals surface area contributed by atoms with Crippen molar-refractivity contribution < 1.29 is 4.79 Å². The molecule has 2 heterocycles. The summed E-state index contributed by atoms with van der Waals surface area (Å²) in [5.74, 6) is 0.968. The molecule has 1 aliphatic heterocycles. The van der Waals surface area contributed by atoms with Crippen LogP contribution in [-0.2, 0) is 0 Å². The monoisotopic (exact) mass is 255 g/mol. The Hall–Kier alpha value is -1.94. The molecule has 0 radical (unpaired) electrons. The summed E-state index contributed by atoms with van der Waals surface area (Å²) in [6.45, 7) is 4.07. The molecule has 0 unspecified atom stereocenters. The van der Waals surface area contributed by atoms with Gasteiger partial charge in [-0.25, -0.2) is 4.98 Å². The molecule has 1 saturated heterocycles. The van der Waals surface area contributed by atoms with E-state index in [-0.39, 0.29) is 0 Å². The molecule has 4 heteroatoms. The number of carbonyl (C=O) groups is 1. The summed E-state index contributed by atoms with van der Waals surface area (Å²) in [6, 6.07) is 9.79. The van der Waals surface area contributed by atoms with Crippen LogP contribution in [0, 0.1) is 0 Å². The van der Waals surface area contributed by atoms with Crippen LogP contribution >= 0.6 is 0 Å². The van der Waals surface area contributed by atoms with E-state index in [1.165, 1.54) is 0 Å². The van der Waals surface area contributed by atoms with Crippen molar-refractivity contribution in [3.63, 3.8) is 0 Å². The first-order valence-electron chi connectivity index (χ1n) is 6.56. The van der Waals surface area contributed by atoms with Crippen LogP contribution in [0.5, 0.6) is 0 Å². The number of hydrogen-bond donors (Lipinski definition) is 0. The third-order valence-corrected chi connectivity index (χ3v) is 3.69. The maximum Gasteiger partial charge on any atom is 0.152 e. The summed E-state index contributed by atoms with van der Waals surface area (Å²) in [4.78, 5) is 20.4. The molecule has 1 aromatic carbocycles. The fourth-order valence-corrected chi connectivity index (χ4v) is 2.47. The molecule has 0 amide bonds. The van der Waals surface area contributed by atoms with Crippen molar-refractivity contribution in [2.24, 2.45) is 0 Å². The summed E-state index contributed by atoms with van der Waals surface area (Å²) in [6.07, 6.45) is 0.878. The minimum atomic E-state index is 0.661. The van der Waals surface area contributed by atoms with Crippen molar-refractivity contribution in [3.05, 3.63) is 35.9 Å². The van der Waals surface area contributed by atoms with Gasteiger partial charge in [0.2, 0.25) is 0 Å². The highest BCUT2D eigenvalue weighted by atomic mass is 16.1. The standard InChI is InChI=1S/C15H17N3O/c1-17-7-9-18(10-8-17)14-6-5-12-3-2-4-13(11-19)15(12)16-14/h2-6,11H,7-10H2,1H3. The number of hydrogen-bond acceptors (Lipinski definition) is 4. The summed E-state index contributed by atoms with van der Waals surface area (Å²) in [5.41, 5.74) is 1.46. The maximum absolute atomic E-state index is 11.1. The minimum Gasteiger partial charge on any atom is -0.354 e. The zero-order chi connectivity index (χ0) is 13.2. The lowest BCUT2D eigenvalue weighted by atomic mass is 10.1. The van der Waals surface area contributed by atoms with Crippen LogP contribution in [0.3, 0.4) is 0 Å². The lowest BCUT2D eigenvalue weighted by molar-refractivity contribution is 0.112. The van der Waals surface area contributed by atoms with Crippen LogP contribution in [0.4, 0.5) is 5.82 Å². The van der Waals surface area contributed by atoms with Gasteiger partial charge >= 0.3 is 0 Å². The average Bonchev–Trinajstić information content (AvgIpc) is 2.47. The van der Waals surface area contributed by atoms with Crippen molar-refractivity contribution in [3.8, 4) is 0 Å². The Bertz CT molecular complexity index is 603. The maximum atomic E-state index is 11.1. The lowest BCUT2D eigenvalue weighted by Gasteiger charge is -2.33. The van der Waals surface area contributed by atoms with E-state index in [0.717, 1.165) is 49.2 Å². The molecule has 19 heavy (non-hydrogen) atoms. The predicted molar refractivity (Wildman–Crippen MR) is 76.8 cm³/mol. The minimum absolute atomic E-state index is 0.661. The van der Waals surface area contributed by atoms with E-state index in [9.17, 15) is 4.79 Å². The highest BCUT2D eigenvalue weighted by Crippen LogP contribution is 2.21. The Morgan fingerprint density at radius 1 is 1.11 bits per heavy atom. The summed E-state index contributed by atoms with van der Waals surface area (Å²) < 4.78 is 0. The second kappa shape index (κ2) is 4.97. The van der Waals surface area contributed by atoms with Gasteiger partial charge in [-0.1, -0.05) is 12.1 Å². The fraction of sp³-hybridized carbons (Fsp3) is 0.333. The lowest BCUT2D eigenvalue weighted by Crippen LogP contribution is -2.44. The van der Waals surface area contributed by atoms with Gasteiger partial charge in [0.25, 0.3) is 0 Å². The molecule has 0 bridgehead atoms. The number of rotatable bonds is 2. The Kier molecular flexibility index (Phi) is 3.17. The van der Waals surface area contributed by atoms with E-state index in [2.05, 4.69) is 21.8 Å². The molecule has 0 N–H and O–H groups in total. The van der Waals surface area contributed by atoms with E-state index in [1.807, 2.05) is 30.3 Å². The molecule has 2 aromatic rings. The van der Waals surface area contributed by atoms with Crippen LogP contribution in [-0.4, -0.2) is 49.4 Å². The van der Waals surface area contributed by atoms with Gasteiger partial charge in [0.1, 0.15) is 5.82 Å². The third-order valence-electron chi connectivity index (χ3n) is 3.69. The van der Waals surface area contributed by atoms with E-state index < -0.39 is 0 Å². The van der Waals surface area contributed by atoms with Crippen LogP contribution < -0.4 is 4.90 Å². The molecule has 1 fully saturated rings. The number of aldehydes is 1. The van der Waals surface area contributed by atoms with Crippen molar-refractivity contribution in [2.45, 2.75) is 0 Å². The average molecular weight is 255 g/mol. The topological polar surface area (TPSA) is 36.4 Å². The van der Waals surface area contributed by atoms with Crippen molar-refractivity contribution in [1.29, 1.82) is 0 Å². The second-order valence-electron chi connectivity index (χ2n) is 5.00. The summed E-state index contributed by atoms with van der Waals surface area (Å²) >= 11 is 0. The van der Waals surface area contributed by atoms with Crippen LogP contribution in [0.25, 0.3) is 10.9 Å². The van der Waals surface area contributed by atoms with Crippen molar-refractivity contribution in [2.75, 3.05) is 38.1 Å². The zero-order valence-electron chi connectivity index (χ0n) is 11.0. The van der Waals surface area contributed by atoms with E-state index in [0.29, 0.717) is 5.56 Å². The predicted octanol–water partition coefficient (Wildman–Crippen LogP) is 1.80. The van der Waals surface area contributed by atoms with Crippen molar-refractivity contribution in [1.82, 2.24) is 9.88 Å². The Labute approximate surface area is 112 Å². The Morgan fingerprint density at radius 3 is 2.63 bits per heavy atom. The van der Waals surface area contributed by atoms with Gasteiger partial charge in [-0.05, 0) is 25.2 Å². The van der Waals surface area contributed by atoms with Gasteiger partial charge in [0.05, 0.1) is 5.52 Å². The molecule has 0 spiro atoms. The summed E-state index contributed by atoms with van der Waals surface area (Å²) in [7, 11) is 2.13. The molecular formula is C15H17N3O. The highest BCUT2D eigenvalue weighted by molar-refractivity contribution is 5.96. The number of carbonyl (C=O) groups excluding carboxylic acids is 1. The number of nitrogens with zero attached hydrogens (tertiary/aromatic N) is 3. The van der Waals surface area contributed by atoms with Gasteiger partial charge < -0.3 is 9.80 Å². The molecule has 0 aliphatic carbocycles. The number of anilines is 1. The first-order valence-corrected chi connectivity index (χ1v) is 6.56. The molecule has 98 valence electrons. The van der Waals surface area contributed by atoms with Crippen molar-refractivity contribution >= 4 is 23.0 Å². The van der Waals surface area contributed by atoms with E-state index >= 15 is 0 Å². The molecular weight excluding hydrogens is 238 g/mol. The molecule has 4 nitrogen and oxygen atoms in total. The number of fused-ring (bicyclic) bond motifs is 1. The molecule has 1 aliphatic rings. The van der Waals surface area contributed by atoms with Gasteiger partial charge in [0, 0.05) is 37.1 Å². The molecule has 1 aromatic heterocycles. The Balaban J connectivity index is 1.99. The molecule has 0 atom stereocenters. The molecule has 0 saturated carbocycles. The Morgan fingerprint density at radius 2 is 1.89 bits per heavy atom. The quantitative estimate of drug-likeness (QED) is 0.767. The zero-order valence-corrected chi connectivity index (χ0v) is 11.0. The van der Waals surface area contributed by atoms with Gasteiger partial charge in [-0.3, -0.25) is 4.79 Å². The number of benzene rings is 1. The first kappa shape index (κ1) is 12.1. The SMILES string of the molecule is CN1CCN(c2ccc3cccc(C=O)c3n2)CC1. The number of likely N-dealkylation sites (N-methyl/N-ethyl adjacent to an activating group) is 1. The third kappa shape index (κ3) is 2.31. The number of para-hydroxylation sites is 1. The summed E-state index contributed by atoms with van der Waals surface area (Å²) in [5, 5.41) is 1.02. The van der Waals surface area contributed by atoms with E-state index in [1.54, 1.807) is 0 Å². The smallest absolute Gasteiger partial charge is 0.152 e. The van der Waals surface area contributed by atoms with Gasteiger partial charge in [0.15, 0.2) is 6.29 Å². The van der Waals surface area contributed by atoms with Crippen LogP contribution in [0.1, 0.15) is 10.4 Å². The van der Waals surface area contributed by atoms with E-state index in [4.69, 9.17) is 0 Å². The van der Waals surface area contributed by atoms with Crippen LogP contribution in [0.2, 0.25) is 0 Å². The number of piperazine rings is 1. The largest absolute Gasteiger partial charge is 0.354 e. The fourth-order valence-electron chi connectivity index (χ4n) is 2.47. The van der Waals surface area contributed by atoms with Gasteiger partial charge in [-0.15, -0.1) is 0 Å². The number of pyridine rings is 1. The van der Waals surface area contributed by atoms with Gasteiger partial charge in [-0.2, -0.15) is 0 Å². The highest BCUT2D eigenvalue weighted by Gasteiger charge is 2.15. The first-order chi connectivity index (χ1) is 9.28. The molecule has 3 rings (SSSR count). The second-order valence-corrected chi connectivity index (χ2v) is 5.00. The number of aromatic nitrogens is 1.